The van der Waals surface area contributed by atoms with Crippen LogP contribution in [-0.4, -0.2) is 29.7 Å². The maximum Gasteiger partial charge on any atom is 0.326 e. The van der Waals surface area contributed by atoms with Crippen LogP contribution < -0.4 is 10.6 Å². The summed E-state index contributed by atoms with van der Waals surface area (Å²) in [6.07, 6.45) is 0. The number of aliphatic carboxylic acids is 1. The summed E-state index contributed by atoms with van der Waals surface area (Å²) in [4.78, 5) is 16.6. The van der Waals surface area contributed by atoms with E-state index in [2.05, 4.69) is 4.98 Å². The molecule has 0 radical (unpaired) electrons. The van der Waals surface area contributed by atoms with E-state index >= 15 is 0 Å². The zero-order valence-corrected chi connectivity index (χ0v) is 8.91. The number of hydrogen-bond donors (Lipinski definition) is 2. The van der Waals surface area contributed by atoms with Gasteiger partial charge in [0.25, 0.3) is 0 Å². The fourth-order valence-electron chi connectivity index (χ4n) is 0.856. The van der Waals surface area contributed by atoms with Crippen LogP contribution in [0.3, 0.4) is 0 Å². The van der Waals surface area contributed by atoms with E-state index in [9.17, 15) is 4.79 Å². The second kappa shape index (κ2) is 4.39. The number of rotatable bonds is 4. The van der Waals surface area contributed by atoms with Crippen molar-refractivity contribution < 1.29 is 9.90 Å². The van der Waals surface area contributed by atoms with E-state index in [1.54, 1.807) is 5.38 Å². The maximum absolute atomic E-state index is 10.6. The van der Waals surface area contributed by atoms with Crippen molar-refractivity contribution in [2.24, 2.45) is 5.73 Å². The smallest absolute Gasteiger partial charge is 0.326 e. The first-order chi connectivity index (χ1) is 6.56. The number of carboxylic acid groups (broad SMARTS) is 1. The van der Waals surface area contributed by atoms with Crippen molar-refractivity contribution in [2.75, 3.05) is 18.5 Å². The Kier molecular flexibility index (Phi) is 3.43. The summed E-state index contributed by atoms with van der Waals surface area (Å²) in [6, 6.07) is -1.02. The van der Waals surface area contributed by atoms with Crippen LogP contribution in [0.1, 0.15) is 18.7 Å². The average Bonchev–Trinajstić information content (AvgIpc) is 2.64. The molecule has 0 amide bonds. The molecule has 3 N–H and O–H groups in total. The van der Waals surface area contributed by atoms with E-state index in [4.69, 9.17) is 10.8 Å². The monoisotopic (exact) mass is 215 g/mol. The Labute approximate surface area is 86.2 Å². The Morgan fingerprint density at radius 2 is 2.50 bits per heavy atom. The van der Waals surface area contributed by atoms with Gasteiger partial charge in [-0.05, 0) is 6.92 Å². The summed E-state index contributed by atoms with van der Waals surface area (Å²) in [6.45, 7) is 2.83. The van der Waals surface area contributed by atoms with Crippen LogP contribution in [0.4, 0.5) is 5.13 Å². The van der Waals surface area contributed by atoms with Crippen LogP contribution in [-0.2, 0) is 4.79 Å². The highest BCUT2D eigenvalue weighted by Gasteiger charge is 2.18. The standard InChI is InChI=1S/C8H13N3O2S/c1-3-11(2)8-10-5(4-14-8)6(9)7(12)13/h4,6H,3,9H2,1-2H3,(H,12,13). The van der Waals surface area contributed by atoms with E-state index in [1.807, 2.05) is 18.9 Å². The molecule has 6 heteroatoms. The molecule has 0 saturated heterocycles. The van der Waals surface area contributed by atoms with Gasteiger partial charge in [-0.25, -0.2) is 4.98 Å². The second-order valence-corrected chi connectivity index (χ2v) is 3.72. The van der Waals surface area contributed by atoms with Gasteiger partial charge in [-0.2, -0.15) is 0 Å². The van der Waals surface area contributed by atoms with Crippen LogP contribution in [0, 0.1) is 0 Å². The van der Waals surface area contributed by atoms with Crippen LogP contribution in [0.15, 0.2) is 5.38 Å². The molecule has 1 rings (SSSR count). The molecule has 0 aliphatic carbocycles. The quantitative estimate of drug-likeness (QED) is 0.772. The third kappa shape index (κ3) is 2.21. The first kappa shape index (κ1) is 10.9. The molecule has 1 aromatic heterocycles. The van der Waals surface area contributed by atoms with Crippen molar-refractivity contribution >= 4 is 22.4 Å². The molecule has 5 nitrogen and oxygen atoms in total. The number of carboxylic acids is 1. The Balaban J connectivity index is 2.82. The summed E-state index contributed by atoms with van der Waals surface area (Å²) in [5.41, 5.74) is 5.83. The van der Waals surface area contributed by atoms with Crippen molar-refractivity contribution in [1.29, 1.82) is 0 Å². The molecule has 0 bridgehead atoms. The predicted molar refractivity (Wildman–Crippen MR) is 55.6 cm³/mol. The highest BCUT2D eigenvalue weighted by atomic mass is 32.1. The molecule has 78 valence electrons. The van der Waals surface area contributed by atoms with Crippen molar-refractivity contribution in [3.05, 3.63) is 11.1 Å². The van der Waals surface area contributed by atoms with Crippen molar-refractivity contribution in [3.8, 4) is 0 Å². The number of nitrogens with two attached hydrogens (primary N) is 1. The number of anilines is 1. The summed E-state index contributed by atoms with van der Waals surface area (Å²) in [5, 5.41) is 11.1. The van der Waals surface area contributed by atoms with Gasteiger partial charge in [0.1, 0.15) is 6.04 Å². The van der Waals surface area contributed by atoms with E-state index < -0.39 is 12.0 Å². The normalized spacial score (nSPS) is 12.5. The number of nitrogens with zero attached hydrogens (tertiary/aromatic N) is 2. The van der Waals surface area contributed by atoms with Gasteiger partial charge in [-0.1, -0.05) is 0 Å². The average molecular weight is 215 g/mol. The number of carbonyl (C=O) groups is 1. The molecular weight excluding hydrogens is 202 g/mol. The zero-order valence-electron chi connectivity index (χ0n) is 8.10. The number of thiazole rings is 1. The molecule has 0 aromatic carbocycles. The minimum absolute atomic E-state index is 0.415. The van der Waals surface area contributed by atoms with Gasteiger partial charge >= 0.3 is 5.97 Å². The Bertz CT molecular complexity index is 326. The summed E-state index contributed by atoms with van der Waals surface area (Å²) < 4.78 is 0. The Morgan fingerprint density at radius 3 is 3.00 bits per heavy atom. The Hall–Kier alpha value is -1.14. The van der Waals surface area contributed by atoms with Crippen LogP contribution in [0.2, 0.25) is 0 Å². The second-order valence-electron chi connectivity index (χ2n) is 2.89. The summed E-state index contributed by atoms with van der Waals surface area (Å²) in [5.74, 6) is -1.05. The molecule has 1 heterocycles. The fourth-order valence-corrected chi connectivity index (χ4v) is 1.75. The first-order valence-corrected chi connectivity index (χ1v) is 5.09. The molecule has 1 unspecified atom stereocenters. The van der Waals surface area contributed by atoms with Gasteiger partial charge in [-0.3, -0.25) is 4.79 Å². The van der Waals surface area contributed by atoms with Crippen LogP contribution >= 0.6 is 11.3 Å². The lowest BCUT2D eigenvalue weighted by Crippen LogP contribution is -2.21. The molecule has 0 fully saturated rings. The number of aromatic nitrogens is 1. The van der Waals surface area contributed by atoms with Gasteiger partial charge in [0, 0.05) is 19.0 Å². The topological polar surface area (TPSA) is 79.5 Å². The van der Waals surface area contributed by atoms with E-state index in [0.29, 0.717) is 5.69 Å². The molecule has 0 spiro atoms. The molecule has 0 saturated carbocycles. The third-order valence-electron chi connectivity index (χ3n) is 1.90. The SMILES string of the molecule is CCN(C)c1nc(C(N)C(=O)O)cs1. The minimum atomic E-state index is -1.05. The van der Waals surface area contributed by atoms with E-state index in [-0.39, 0.29) is 0 Å². The first-order valence-electron chi connectivity index (χ1n) is 4.21. The largest absolute Gasteiger partial charge is 0.480 e. The van der Waals surface area contributed by atoms with Gasteiger partial charge in [0.2, 0.25) is 0 Å². The lowest BCUT2D eigenvalue weighted by Gasteiger charge is -2.11. The predicted octanol–water partition coefficient (Wildman–Crippen LogP) is 0.684. The third-order valence-corrected chi connectivity index (χ3v) is 2.87. The van der Waals surface area contributed by atoms with Crippen molar-refractivity contribution in [3.63, 3.8) is 0 Å². The van der Waals surface area contributed by atoms with Crippen LogP contribution in [0.5, 0.6) is 0 Å². The lowest BCUT2D eigenvalue weighted by molar-refractivity contribution is -0.138. The molecule has 0 aliphatic rings. The molecule has 14 heavy (non-hydrogen) atoms. The Morgan fingerprint density at radius 1 is 1.86 bits per heavy atom. The molecule has 1 atom stereocenters. The highest BCUT2D eigenvalue weighted by molar-refractivity contribution is 7.13. The summed E-state index contributed by atoms with van der Waals surface area (Å²) in [7, 11) is 1.90. The van der Waals surface area contributed by atoms with Gasteiger partial charge in [0.15, 0.2) is 5.13 Å². The molecular formula is C8H13N3O2S. The van der Waals surface area contributed by atoms with Gasteiger partial charge in [-0.15, -0.1) is 11.3 Å². The van der Waals surface area contributed by atoms with Crippen molar-refractivity contribution in [1.82, 2.24) is 4.98 Å². The highest BCUT2D eigenvalue weighted by Crippen LogP contribution is 2.22. The molecule has 0 aliphatic heterocycles. The number of hydrogen-bond acceptors (Lipinski definition) is 5. The molecule has 1 aromatic rings. The van der Waals surface area contributed by atoms with E-state index in [1.165, 1.54) is 11.3 Å². The summed E-state index contributed by atoms with van der Waals surface area (Å²) >= 11 is 1.40. The van der Waals surface area contributed by atoms with Gasteiger partial charge in [0.05, 0.1) is 5.69 Å². The van der Waals surface area contributed by atoms with Crippen molar-refractivity contribution in [2.45, 2.75) is 13.0 Å². The minimum Gasteiger partial charge on any atom is -0.480 e. The maximum atomic E-state index is 10.6. The van der Waals surface area contributed by atoms with Gasteiger partial charge < -0.3 is 15.7 Å². The zero-order chi connectivity index (χ0) is 10.7. The van der Waals surface area contributed by atoms with E-state index in [0.717, 1.165) is 11.7 Å². The van der Waals surface area contributed by atoms with Crippen LogP contribution in [0.25, 0.3) is 0 Å². The fraction of sp³-hybridized carbons (Fsp3) is 0.500. The lowest BCUT2D eigenvalue weighted by atomic mass is 10.2.